The van der Waals surface area contributed by atoms with Crippen LogP contribution in [0.25, 0.3) is 0 Å². The third-order valence-corrected chi connectivity index (χ3v) is 5.80. The van der Waals surface area contributed by atoms with Crippen molar-refractivity contribution in [1.29, 1.82) is 0 Å². The van der Waals surface area contributed by atoms with E-state index in [0.717, 1.165) is 38.9 Å². The summed E-state index contributed by atoms with van der Waals surface area (Å²) in [5.41, 5.74) is -0.177. The molecule has 2 aliphatic rings. The number of Topliss-reactive ketones (excluding diaryl/α,β-unsaturated/α-hetero) is 1. The first-order valence-electron chi connectivity index (χ1n) is 9.66. The molecule has 3 rings (SSSR count). The van der Waals surface area contributed by atoms with E-state index in [1.807, 2.05) is 0 Å². The quantitative estimate of drug-likeness (QED) is 0.393. The smallest absolute Gasteiger partial charge is 0.322 e. The van der Waals surface area contributed by atoms with Crippen molar-refractivity contribution in [2.75, 3.05) is 26.7 Å². The van der Waals surface area contributed by atoms with E-state index in [9.17, 15) is 14.4 Å². The van der Waals surface area contributed by atoms with Crippen molar-refractivity contribution in [2.24, 2.45) is 0 Å². The summed E-state index contributed by atoms with van der Waals surface area (Å²) in [5, 5.41) is 5.63. The van der Waals surface area contributed by atoms with Gasteiger partial charge in [0.2, 0.25) is 0 Å². The van der Waals surface area contributed by atoms with Gasteiger partial charge in [0.1, 0.15) is 11.3 Å². The number of ketones is 1. The van der Waals surface area contributed by atoms with Crippen molar-refractivity contribution in [3.63, 3.8) is 0 Å². The Kier molecular flexibility index (Phi) is 6.57. The molecule has 0 aromatic heterocycles. The Bertz CT molecular complexity index is 760. The summed E-state index contributed by atoms with van der Waals surface area (Å²) in [7, 11) is 1.55. The number of nitrogens with one attached hydrogen (secondary N) is 2. The summed E-state index contributed by atoms with van der Waals surface area (Å²) in [6.07, 6.45) is 4.49. The molecule has 2 N–H and O–H groups in total. The Morgan fingerprint density at radius 1 is 1.21 bits per heavy atom. The number of ether oxygens (including phenoxy) is 1. The molecule has 8 heteroatoms. The van der Waals surface area contributed by atoms with E-state index in [0.29, 0.717) is 35.6 Å². The van der Waals surface area contributed by atoms with E-state index in [1.165, 1.54) is 0 Å². The van der Waals surface area contributed by atoms with Crippen LogP contribution in [0.15, 0.2) is 18.2 Å². The zero-order chi connectivity index (χ0) is 20.1. The molecule has 1 aromatic rings. The molecule has 28 heavy (non-hydrogen) atoms. The normalized spacial score (nSPS) is 18.8. The molecule has 152 valence electrons. The lowest BCUT2D eigenvalue weighted by Gasteiger charge is -2.36. The van der Waals surface area contributed by atoms with Gasteiger partial charge < -0.3 is 15.0 Å². The number of rotatable bonds is 8. The number of nitrogens with zero attached hydrogens (tertiary/aromatic N) is 1. The van der Waals surface area contributed by atoms with Crippen molar-refractivity contribution in [3.8, 4) is 5.75 Å². The third-order valence-electron chi connectivity index (χ3n) is 5.56. The van der Waals surface area contributed by atoms with E-state index in [4.69, 9.17) is 16.3 Å². The number of carbonyl (C=O) groups excluding carboxylic acids is 3. The summed E-state index contributed by atoms with van der Waals surface area (Å²) >= 11 is 5.99. The number of benzene rings is 1. The summed E-state index contributed by atoms with van der Waals surface area (Å²) in [4.78, 5) is 38.1. The maximum Gasteiger partial charge on any atom is 0.322 e. The fourth-order valence-electron chi connectivity index (χ4n) is 3.87. The molecule has 2 heterocycles. The second-order valence-corrected chi connectivity index (χ2v) is 7.85. The highest BCUT2D eigenvalue weighted by atomic mass is 35.5. The van der Waals surface area contributed by atoms with Crippen molar-refractivity contribution in [1.82, 2.24) is 15.5 Å². The number of halogens is 1. The van der Waals surface area contributed by atoms with E-state index in [2.05, 4.69) is 15.5 Å². The molecule has 3 amide bonds. The lowest BCUT2D eigenvalue weighted by Crippen LogP contribution is -2.54. The fourth-order valence-corrected chi connectivity index (χ4v) is 4.04. The number of carbonyl (C=O) groups is 3. The average molecular weight is 408 g/mol. The van der Waals surface area contributed by atoms with Gasteiger partial charge in [0.15, 0.2) is 5.78 Å². The van der Waals surface area contributed by atoms with Gasteiger partial charge in [-0.1, -0.05) is 18.0 Å². The van der Waals surface area contributed by atoms with Gasteiger partial charge in [-0.05, 0) is 50.4 Å². The van der Waals surface area contributed by atoms with Crippen LogP contribution in [0.4, 0.5) is 4.79 Å². The average Bonchev–Trinajstić information content (AvgIpc) is 2.95. The second-order valence-electron chi connectivity index (χ2n) is 7.41. The Morgan fingerprint density at radius 3 is 2.61 bits per heavy atom. The molecule has 0 unspecified atom stereocenters. The van der Waals surface area contributed by atoms with Gasteiger partial charge in [-0.15, -0.1) is 0 Å². The number of methoxy groups -OCH3 is 1. The van der Waals surface area contributed by atoms with Crippen LogP contribution in [0.2, 0.25) is 5.02 Å². The fraction of sp³-hybridized carbons (Fsp3) is 0.550. The van der Waals surface area contributed by atoms with Crippen molar-refractivity contribution in [2.45, 2.75) is 44.1 Å². The molecule has 0 saturated carbocycles. The van der Waals surface area contributed by atoms with E-state index in [-0.39, 0.29) is 17.7 Å². The first kappa shape index (κ1) is 20.6. The van der Waals surface area contributed by atoms with Gasteiger partial charge in [0.25, 0.3) is 5.91 Å². The van der Waals surface area contributed by atoms with Crippen LogP contribution >= 0.6 is 11.6 Å². The predicted molar refractivity (Wildman–Crippen MR) is 106 cm³/mol. The minimum absolute atomic E-state index is 0.0438. The minimum atomic E-state index is -0.712. The maximum absolute atomic E-state index is 12.4. The Balaban J connectivity index is 1.36. The van der Waals surface area contributed by atoms with Crippen LogP contribution in [-0.4, -0.2) is 54.9 Å². The lowest BCUT2D eigenvalue weighted by atomic mass is 9.87. The van der Waals surface area contributed by atoms with Crippen LogP contribution in [0, 0.1) is 0 Å². The van der Waals surface area contributed by atoms with E-state index >= 15 is 0 Å². The number of piperidine rings is 1. The predicted octanol–water partition coefficient (Wildman–Crippen LogP) is 2.77. The van der Waals surface area contributed by atoms with Gasteiger partial charge >= 0.3 is 6.03 Å². The SMILES string of the molecule is COc1ccc(Cl)cc1C(=O)CCCCCN1CCC2(CC1)NC(=O)NC2=O. The minimum Gasteiger partial charge on any atom is -0.496 e. The van der Waals surface area contributed by atoms with Crippen LogP contribution < -0.4 is 15.4 Å². The van der Waals surface area contributed by atoms with Gasteiger partial charge in [-0.25, -0.2) is 4.79 Å². The van der Waals surface area contributed by atoms with Crippen LogP contribution in [-0.2, 0) is 4.79 Å². The number of hydrogen-bond acceptors (Lipinski definition) is 5. The number of unbranched alkanes of at least 4 members (excludes halogenated alkanes) is 2. The molecular weight excluding hydrogens is 382 g/mol. The summed E-state index contributed by atoms with van der Waals surface area (Å²) in [6.45, 7) is 2.50. The molecule has 0 radical (unpaired) electrons. The molecule has 1 aromatic carbocycles. The highest BCUT2D eigenvalue weighted by molar-refractivity contribution is 6.31. The monoisotopic (exact) mass is 407 g/mol. The molecule has 0 aliphatic carbocycles. The number of hydrogen-bond donors (Lipinski definition) is 2. The first-order valence-corrected chi connectivity index (χ1v) is 10.0. The highest BCUT2D eigenvalue weighted by Gasteiger charge is 2.47. The lowest BCUT2D eigenvalue weighted by molar-refractivity contribution is -0.125. The highest BCUT2D eigenvalue weighted by Crippen LogP contribution is 2.26. The van der Waals surface area contributed by atoms with Crippen LogP contribution in [0.1, 0.15) is 48.9 Å². The number of imide groups is 1. The molecule has 7 nitrogen and oxygen atoms in total. The van der Waals surface area contributed by atoms with Crippen molar-refractivity contribution < 1.29 is 19.1 Å². The van der Waals surface area contributed by atoms with Crippen molar-refractivity contribution >= 4 is 29.3 Å². The van der Waals surface area contributed by atoms with Gasteiger partial charge in [0, 0.05) is 24.5 Å². The molecular formula is C20H26ClN3O4. The summed E-state index contributed by atoms with van der Waals surface area (Å²) in [5.74, 6) is 0.397. The Hall–Kier alpha value is -2.12. The van der Waals surface area contributed by atoms with Crippen molar-refractivity contribution in [3.05, 3.63) is 28.8 Å². The number of amides is 3. The van der Waals surface area contributed by atoms with E-state index < -0.39 is 5.54 Å². The second kappa shape index (κ2) is 8.92. The summed E-state index contributed by atoms with van der Waals surface area (Å²) in [6, 6.07) is 4.69. The standard InChI is InChI=1S/C20H26ClN3O4/c1-28-17-7-6-14(21)13-15(17)16(25)5-3-2-4-10-24-11-8-20(9-12-24)18(26)22-19(27)23-20/h6-7,13H,2-5,8-12H2,1H3,(H2,22,23,26,27). The molecule has 2 aliphatic heterocycles. The van der Waals surface area contributed by atoms with Crippen LogP contribution in [0.5, 0.6) is 5.75 Å². The number of urea groups is 1. The Morgan fingerprint density at radius 2 is 1.96 bits per heavy atom. The van der Waals surface area contributed by atoms with Gasteiger partial charge in [0.05, 0.1) is 12.7 Å². The molecule has 0 atom stereocenters. The number of likely N-dealkylation sites (tertiary alicyclic amines) is 1. The topological polar surface area (TPSA) is 87.7 Å². The first-order chi connectivity index (χ1) is 13.4. The zero-order valence-corrected chi connectivity index (χ0v) is 16.8. The molecule has 2 fully saturated rings. The van der Waals surface area contributed by atoms with E-state index in [1.54, 1.807) is 25.3 Å². The third kappa shape index (κ3) is 4.64. The van der Waals surface area contributed by atoms with Gasteiger partial charge in [-0.3, -0.25) is 14.9 Å². The molecule has 0 bridgehead atoms. The zero-order valence-electron chi connectivity index (χ0n) is 16.1. The van der Waals surface area contributed by atoms with Gasteiger partial charge in [-0.2, -0.15) is 0 Å². The maximum atomic E-state index is 12.4. The molecule has 2 saturated heterocycles. The summed E-state index contributed by atoms with van der Waals surface area (Å²) < 4.78 is 5.24. The molecule has 1 spiro atoms. The Labute approximate surface area is 169 Å². The largest absolute Gasteiger partial charge is 0.496 e. The van der Waals surface area contributed by atoms with Crippen LogP contribution in [0.3, 0.4) is 0 Å².